The topological polar surface area (TPSA) is 134 Å². The summed E-state index contributed by atoms with van der Waals surface area (Å²) in [5.74, 6) is -1.80. The summed E-state index contributed by atoms with van der Waals surface area (Å²) in [5, 5.41) is 11.6. The van der Waals surface area contributed by atoms with E-state index in [-0.39, 0.29) is 22.7 Å². The molecule has 8 nitrogen and oxygen atoms in total. The number of fused-ring (bicyclic) bond motifs is 4. The van der Waals surface area contributed by atoms with Crippen molar-refractivity contribution in [2.24, 2.45) is 11.7 Å². The van der Waals surface area contributed by atoms with Gasteiger partial charge in [-0.25, -0.2) is 13.8 Å². The lowest BCUT2D eigenvalue weighted by atomic mass is 9.69. The number of H-pyrrole nitrogens is 2. The summed E-state index contributed by atoms with van der Waals surface area (Å²) in [7, 11) is 0. The molecule has 3 aromatic carbocycles. The second-order valence-corrected chi connectivity index (χ2v) is 11.6. The molecule has 0 saturated heterocycles. The van der Waals surface area contributed by atoms with Gasteiger partial charge in [-0.05, 0) is 79.6 Å². The number of nitrogens with zero attached hydrogens (tertiary/aromatic N) is 1. The Labute approximate surface area is 234 Å². The van der Waals surface area contributed by atoms with Crippen LogP contribution in [0.15, 0.2) is 64.2 Å². The predicted octanol–water partition coefficient (Wildman–Crippen LogP) is 4.58. The van der Waals surface area contributed by atoms with Crippen molar-refractivity contribution in [3.63, 3.8) is 0 Å². The van der Waals surface area contributed by atoms with Crippen LogP contribution in [0.5, 0.6) is 0 Å². The maximum absolute atomic E-state index is 14.4. The van der Waals surface area contributed by atoms with Gasteiger partial charge in [-0.3, -0.25) is 9.59 Å². The highest BCUT2D eigenvalue weighted by atomic mass is 19.1. The van der Waals surface area contributed by atoms with Crippen LogP contribution in [0.25, 0.3) is 27.5 Å². The van der Waals surface area contributed by atoms with Crippen molar-refractivity contribution in [3.05, 3.63) is 109 Å². The number of para-hydroxylation sites is 1. The molecule has 3 unspecified atom stereocenters. The van der Waals surface area contributed by atoms with Gasteiger partial charge in [0, 0.05) is 22.5 Å². The number of aromatic amines is 2. The Morgan fingerprint density at radius 3 is 2.51 bits per heavy atom. The SMILES string of the molecule is Cc1c(C2c3c([nH]c4cc(C(C)(C)O)ccc34)C(C(N)=O)CC2C)cccc1-n1c(=O)[nH]c2c(F)cccc2c1=O. The van der Waals surface area contributed by atoms with Gasteiger partial charge in [-0.1, -0.05) is 37.3 Å². The van der Waals surface area contributed by atoms with Gasteiger partial charge in [0.25, 0.3) is 5.56 Å². The van der Waals surface area contributed by atoms with Crippen molar-refractivity contribution in [3.8, 4) is 5.69 Å². The number of carbonyl (C=O) groups is 1. The van der Waals surface area contributed by atoms with Crippen molar-refractivity contribution in [1.82, 2.24) is 14.5 Å². The molecule has 9 heteroatoms. The van der Waals surface area contributed by atoms with Crippen molar-refractivity contribution in [2.45, 2.75) is 51.6 Å². The number of nitrogens with one attached hydrogen (secondary N) is 2. The first-order valence-electron chi connectivity index (χ1n) is 13.6. The Hall–Kier alpha value is -4.50. The van der Waals surface area contributed by atoms with Gasteiger partial charge in [0.1, 0.15) is 5.82 Å². The third kappa shape index (κ3) is 4.11. The maximum Gasteiger partial charge on any atom is 0.333 e. The molecule has 41 heavy (non-hydrogen) atoms. The molecule has 0 saturated carbocycles. The van der Waals surface area contributed by atoms with Crippen LogP contribution in [-0.4, -0.2) is 25.5 Å². The first-order chi connectivity index (χ1) is 19.4. The summed E-state index contributed by atoms with van der Waals surface area (Å²) in [4.78, 5) is 45.1. The van der Waals surface area contributed by atoms with Crippen LogP contribution in [-0.2, 0) is 10.4 Å². The number of hydrogen-bond donors (Lipinski definition) is 4. The van der Waals surface area contributed by atoms with Crippen LogP contribution in [0.3, 0.4) is 0 Å². The minimum Gasteiger partial charge on any atom is -0.386 e. The van der Waals surface area contributed by atoms with Crippen LogP contribution >= 0.6 is 0 Å². The first kappa shape index (κ1) is 26.7. The number of amides is 1. The second-order valence-electron chi connectivity index (χ2n) is 11.6. The molecule has 5 N–H and O–H groups in total. The van der Waals surface area contributed by atoms with E-state index in [9.17, 15) is 23.9 Å². The Kier molecular flexibility index (Phi) is 6.04. The van der Waals surface area contributed by atoms with Crippen molar-refractivity contribution in [2.75, 3.05) is 0 Å². The highest BCUT2D eigenvalue weighted by Gasteiger charge is 2.39. The lowest BCUT2D eigenvalue weighted by molar-refractivity contribution is -0.120. The van der Waals surface area contributed by atoms with E-state index < -0.39 is 34.5 Å². The zero-order valence-corrected chi connectivity index (χ0v) is 23.2. The number of benzene rings is 3. The molecule has 1 aliphatic rings. The molecule has 0 aliphatic heterocycles. The smallest absolute Gasteiger partial charge is 0.333 e. The van der Waals surface area contributed by atoms with Gasteiger partial charge in [0.05, 0.1) is 28.1 Å². The van der Waals surface area contributed by atoms with Crippen molar-refractivity contribution in [1.29, 1.82) is 0 Å². The molecule has 2 aromatic heterocycles. The molecule has 6 rings (SSSR count). The molecular weight excluding hydrogens is 523 g/mol. The Morgan fingerprint density at radius 2 is 1.80 bits per heavy atom. The maximum atomic E-state index is 14.4. The molecule has 2 heterocycles. The number of hydrogen-bond acceptors (Lipinski definition) is 4. The van der Waals surface area contributed by atoms with E-state index in [4.69, 9.17) is 5.73 Å². The van der Waals surface area contributed by atoms with Crippen LogP contribution < -0.4 is 17.0 Å². The number of nitrogens with two attached hydrogens (primary N) is 1. The molecule has 0 bridgehead atoms. The largest absolute Gasteiger partial charge is 0.386 e. The lowest BCUT2D eigenvalue weighted by Gasteiger charge is -2.35. The minimum absolute atomic E-state index is 0.0115. The van der Waals surface area contributed by atoms with Crippen LogP contribution in [0.4, 0.5) is 4.39 Å². The molecule has 0 fully saturated rings. The van der Waals surface area contributed by atoms with Gasteiger partial charge < -0.3 is 20.8 Å². The van der Waals surface area contributed by atoms with E-state index in [1.807, 2.05) is 31.2 Å². The molecule has 5 aromatic rings. The fourth-order valence-electron chi connectivity index (χ4n) is 6.50. The zero-order chi connectivity index (χ0) is 29.4. The van der Waals surface area contributed by atoms with Gasteiger partial charge in [0.15, 0.2) is 0 Å². The monoisotopic (exact) mass is 554 g/mol. The number of primary amides is 1. The van der Waals surface area contributed by atoms with Crippen LogP contribution in [0, 0.1) is 18.7 Å². The lowest BCUT2D eigenvalue weighted by Crippen LogP contribution is -2.35. The highest BCUT2D eigenvalue weighted by Crippen LogP contribution is 2.49. The van der Waals surface area contributed by atoms with E-state index in [0.29, 0.717) is 12.1 Å². The van der Waals surface area contributed by atoms with Gasteiger partial charge in [0.2, 0.25) is 5.91 Å². The average Bonchev–Trinajstić information content (AvgIpc) is 3.28. The summed E-state index contributed by atoms with van der Waals surface area (Å²) in [6.07, 6.45) is 0.512. The summed E-state index contributed by atoms with van der Waals surface area (Å²) >= 11 is 0. The molecule has 0 spiro atoms. The molecule has 3 atom stereocenters. The minimum atomic E-state index is -1.05. The van der Waals surface area contributed by atoms with E-state index in [2.05, 4.69) is 16.9 Å². The Bertz CT molecular complexity index is 2000. The Balaban J connectivity index is 1.59. The summed E-state index contributed by atoms with van der Waals surface area (Å²) in [5.41, 5.74) is 8.56. The van der Waals surface area contributed by atoms with Crippen LogP contribution in [0.1, 0.15) is 67.0 Å². The molecule has 0 radical (unpaired) electrons. The molecule has 1 aliphatic carbocycles. The average molecular weight is 555 g/mol. The summed E-state index contributed by atoms with van der Waals surface area (Å²) in [6.45, 7) is 7.36. The predicted molar refractivity (Wildman–Crippen MR) is 156 cm³/mol. The van der Waals surface area contributed by atoms with Gasteiger partial charge >= 0.3 is 5.69 Å². The van der Waals surface area contributed by atoms with E-state index >= 15 is 0 Å². The number of halogens is 1. The Morgan fingerprint density at radius 1 is 1.07 bits per heavy atom. The zero-order valence-electron chi connectivity index (χ0n) is 23.2. The highest BCUT2D eigenvalue weighted by molar-refractivity contribution is 5.91. The molecular formula is C32H31FN4O4. The second kappa shape index (κ2) is 9.27. The van der Waals surface area contributed by atoms with Crippen molar-refractivity contribution < 1.29 is 14.3 Å². The van der Waals surface area contributed by atoms with E-state index in [1.54, 1.807) is 26.0 Å². The summed E-state index contributed by atoms with van der Waals surface area (Å²) < 4.78 is 15.4. The normalized spacial score (nSPS) is 19.0. The third-order valence-electron chi connectivity index (χ3n) is 8.56. The number of aromatic nitrogens is 3. The van der Waals surface area contributed by atoms with Gasteiger partial charge in [-0.2, -0.15) is 0 Å². The number of rotatable bonds is 4. The van der Waals surface area contributed by atoms with E-state index in [1.165, 1.54) is 18.2 Å². The van der Waals surface area contributed by atoms with Crippen LogP contribution in [0.2, 0.25) is 0 Å². The first-order valence-corrected chi connectivity index (χ1v) is 13.6. The van der Waals surface area contributed by atoms with Crippen molar-refractivity contribution >= 4 is 27.7 Å². The fourth-order valence-corrected chi connectivity index (χ4v) is 6.50. The molecule has 210 valence electrons. The third-order valence-corrected chi connectivity index (χ3v) is 8.56. The summed E-state index contributed by atoms with van der Waals surface area (Å²) in [6, 6.07) is 15.3. The standard InChI is InChI=1S/C32H31FN4O4/c1-15-13-21(29(34)38)28-26(19-12-11-17(32(3,4)41)14-23(19)35-28)25(15)18-7-6-10-24(16(18)2)37-30(39)20-8-5-9-22(33)27(20)36-31(37)40/h5-12,14-15,21,25,35,41H,13H2,1-4H3,(H2,34,38)(H,36,40). The molecule has 1 amide bonds. The number of carbonyl (C=O) groups excluding carboxylic acids is 1. The van der Waals surface area contributed by atoms with Gasteiger partial charge in [-0.15, -0.1) is 0 Å². The number of aliphatic hydroxyl groups is 1. The van der Waals surface area contributed by atoms with E-state index in [0.717, 1.165) is 43.4 Å². The quantitative estimate of drug-likeness (QED) is 0.259. The fraction of sp³-hybridized carbons (Fsp3) is 0.281.